The molecule has 2 nitrogen and oxygen atoms in total. The molecule has 0 N–H and O–H groups in total. The monoisotopic (exact) mass is 138 g/mol. The maximum atomic E-state index is 6.51. The summed E-state index contributed by atoms with van der Waals surface area (Å²) in [7, 11) is 8.13. The normalized spacial score (nSPS) is 9.64. The van der Waals surface area contributed by atoms with Crippen LogP contribution in [0.2, 0.25) is 0 Å². The summed E-state index contributed by atoms with van der Waals surface area (Å²) in [4.78, 5) is 0. The summed E-state index contributed by atoms with van der Waals surface area (Å²) in [6, 6.07) is 7.42. The second-order valence-corrected chi connectivity index (χ2v) is 2.14. The van der Waals surface area contributed by atoms with Crippen molar-refractivity contribution in [2.45, 2.75) is 6.61 Å². The van der Waals surface area contributed by atoms with Gasteiger partial charge in [0.2, 0.25) is 0 Å². The topological polar surface area (TPSA) is 18.5 Å². The van der Waals surface area contributed by atoms with Crippen molar-refractivity contribution in [2.24, 2.45) is 0 Å². The van der Waals surface area contributed by atoms with Crippen LogP contribution in [0.5, 0.6) is 5.75 Å². The lowest BCUT2D eigenvalue weighted by atomic mass is 0.933. The van der Waals surface area contributed by atoms with Crippen molar-refractivity contribution < 1.29 is 9.47 Å². The molecular formula is C9H9O2. The molecule has 0 atom stereocenters. The second-order valence-electron chi connectivity index (χ2n) is 2.14. The van der Waals surface area contributed by atoms with Gasteiger partial charge in [-0.2, -0.15) is 0 Å². The third-order valence-electron chi connectivity index (χ3n) is 1.40. The summed E-state index contributed by atoms with van der Waals surface area (Å²) in [5, 5.41) is 0. The molecule has 0 saturated heterocycles. The minimum absolute atomic E-state index is 0.323. The van der Waals surface area contributed by atoms with E-state index in [1.54, 1.807) is 7.11 Å². The van der Waals surface area contributed by atoms with Crippen LogP contribution < -0.4 is 4.74 Å². The fourth-order valence-electron chi connectivity index (χ4n) is 0.805. The average Bonchev–Trinajstić information content (AvgIpc) is 2.07. The minimum atomic E-state index is 0.323. The van der Waals surface area contributed by atoms with Gasteiger partial charge in [-0.05, 0) is 17.7 Å². The molecule has 2 heteroatoms. The van der Waals surface area contributed by atoms with E-state index in [0.29, 0.717) is 6.61 Å². The molecule has 57 valence electrons. The lowest BCUT2D eigenvalue weighted by Gasteiger charge is -2.00. The number of methoxy groups -OCH3 is 1. The molecule has 1 aromatic rings. The zero-order chi connectivity index (χ0) is 8.10. The van der Waals surface area contributed by atoms with Crippen molar-refractivity contribution in [3.05, 3.63) is 36.9 Å². The van der Waals surface area contributed by atoms with Gasteiger partial charge in [-0.15, -0.1) is 0 Å². The highest BCUT2D eigenvalue weighted by Crippen LogP contribution is 2.11. The molecule has 0 aliphatic rings. The van der Waals surface area contributed by atoms with Crippen molar-refractivity contribution in [3.8, 4) is 5.75 Å². The van der Waals surface area contributed by atoms with Crippen LogP contribution in [0.4, 0.5) is 0 Å². The molecule has 1 rings (SSSR count). The molecule has 0 heterocycles. The van der Waals surface area contributed by atoms with Crippen LogP contribution in [-0.2, 0) is 11.3 Å². The molecule has 0 spiro atoms. The summed E-state index contributed by atoms with van der Waals surface area (Å²) in [5.74, 6) is 0.818. The van der Waals surface area contributed by atoms with Crippen molar-refractivity contribution in [2.75, 3.05) is 7.11 Å². The molecule has 0 bridgehead atoms. The minimum Gasteiger partial charge on any atom is -0.497 e. The average molecular weight is 138 g/mol. The summed E-state index contributed by atoms with van der Waals surface area (Å²) in [5.41, 5.74) is 0.973. The Morgan fingerprint density at radius 3 is 2.36 bits per heavy atom. The van der Waals surface area contributed by atoms with Crippen LogP contribution in [-0.4, -0.2) is 7.11 Å². The molecular weight excluding hydrogens is 129 g/mol. The standard InChI is InChI=1S/C9H9O2/c1-10-7-8-3-5-9(11-2)6-4-8/h3-6H,7H2,2H3/i1-11. The van der Waals surface area contributed by atoms with Gasteiger partial charge in [-0.25, -0.2) is 0 Å². The maximum Gasteiger partial charge on any atom is 0.174 e. The quantitative estimate of drug-likeness (QED) is 0.633. The Morgan fingerprint density at radius 1 is 1.27 bits per heavy atom. The Labute approximate surface area is 66.8 Å². The van der Waals surface area contributed by atoms with Gasteiger partial charge in [0.05, 0.1) is 13.7 Å². The summed E-state index contributed by atoms with van der Waals surface area (Å²) >= 11 is 0. The van der Waals surface area contributed by atoms with Crippen LogP contribution in [0.25, 0.3) is 0 Å². The fraction of sp³-hybridized carbons (Fsp3) is 0.222. The van der Waals surface area contributed by atoms with E-state index in [4.69, 9.17) is 11.8 Å². The molecule has 0 aliphatic carbocycles. The zero-order valence-corrected chi connectivity index (χ0v) is 6.33. The van der Waals surface area contributed by atoms with Crippen LogP contribution in [0, 0.1) is 7.11 Å². The molecule has 0 amide bonds. The Balaban J connectivity index is 2.66. The summed E-state index contributed by atoms with van der Waals surface area (Å²) in [6.07, 6.45) is 0. The highest BCUT2D eigenvalue weighted by atomic mass is 16.5. The third-order valence-corrected chi connectivity index (χ3v) is 1.40. The second kappa shape index (κ2) is 3.98. The number of hydrogen-bond donors (Lipinski definition) is 0. The first kappa shape index (κ1) is 8.08. The summed E-state index contributed by atoms with van der Waals surface area (Å²) < 4.78 is 9.17. The summed E-state index contributed by atoms with van der Waals surface area (Å²) in [6.45, 7) is 0.323. The van der Waals surface area contributed by atoms with E-state index in [1.807, 2.05) is 24.3 Å². The fourth-order valence-corrected chi connectivity index (χ4v) is 0.805. The van der Waals surface area contributed by atoms with E-state index in [-0.39, 0.29) is 0 Å². The Hall–Kier alpha value is -1.02. The zero-order valence-electron chi connectivity index (χ0n) is 6.33. The van der Waals surface area contributed by atoms with E-state index in [9.17, 15) is 0 Å². The van der Waals surface area contributed by atoms with Crippen LogP contribution in [0.15, 0.2) is 24.3 Å². The molecule has 1 aromatic carbocycles. The van der Waals surface area contributed by atoms with Gasteiger partial charge in [0, 0.05) is 0 Å². The van der Waals surface area contributed by atoms with Gasteiger partial charge in [0.25, 0.3) is 0 Å². The molecule has 0 saturated carbocycles. The van der Waals surface area contributed by atoms with Crippen LogP contribution in [0.1, 0.15) is 5.56 Å². The SMILES string of the molecule is COc1ccc(CO[1C])cc1. The lowest BCUT2D eigenvalue weighted by Crippen LogP contribution is -1.86. The predicted octanol–water partition coefficient (Wildman–Crippen LogP) is 1.76. The van der Waals surface area contributed by atoms with Gasteiger partial charge in [-0.3, -0.25) is 0 Å². The first-order valence-electron chi connectivity index (χ1n) is 3.28. The molecule has 0 unspecified atom stereocenters. The molecule has 0 aliphatic heterocycles. The van der Waals surface area contributed by atoms with Crippen LogP contribution in [0.3, 0.4) is 0 Å². The maximum absolute atomic E-state index is 6.51. The van der Waals surface area contributed by atoms with E-state index in [1.165, 1.54) is 0 Å². The number of ether oxygens (including phenoxy) is 2. The third kappa shape index (κ3) is 2.24. The lowest BCUT2D eigenvalue weighted by molar-refractivity contribution is 0.229. The molecule has 11 heavy (non-hydrogen) atoms. The Kier molecular flexibility index (Phi) is 2.93. The van der Waals surface area contributed by atoms with E-state index < -0.39 is 0 Å². The van der Waals surface area contributed by atoms with E-state index in [0.717, 1.165) is 11.3 Å². The van der Waals surface area contributed by atoms with Gasteiger partial charge in [0.15, 0.2) is 7.11 Å². The molecule has 0 fully saturated rings. The van der Waals surface area contributed by atoms with E-state index in [2.05, 4.69) is 4.74 Å². The molecule has 0 aromatic heterocycles. The highest BCUT2D eigenvalue weighted by Gasteiger charge is 1.91. The number of hydrogen-bond acceptors (Lipinski definition) is 2. The largest absolute Gasteiger partial charge is 0.497 e. The van der Waals surface area contributed by atoms with Crippen molar-refractivity contribution in [3.63, 3.8) is 0 Å². The van der Waals surface area contributed by atoms with Gasteiger partial charge in [0.1, 0.15) is 5.75 Å². The van der Waals surface area contributed by atoms with Crippen molar-refractivity contribution in [1.29, 1.82) is 0 Å². The number of rotatable bonds is 3. The van der Waals surface area contributed by atoms with Crippen LogP contribution >= 0.6 is 0 Å². The Bertz CT molecular complexity index is 203. The van der Waals surface area contributed by atoms with Crippen molar-refractivity contribution in [1.82, 2.24) is 0 Å². The van der Waals surface area contributed by atoms with Gasteiger partial charge >= 0.3 is 0 Å². The first-order valence-corrected chi connectivity index (χ1v) is 3.28. The van der Waals surface area contributed by atoms with Gasteiger partial charge < -0.3 is 9.47 Å². The first-order chi connectivity index (χ1) is 5.36. The van der Waals surface area contributed by atoms with Crippen molar-refractivity contribution >= 4 is 0 Å². The molecule has 3 radical (unpaired) electrons. The number of benzene rings is 1. The van der Waals surface area contributed by atoms with Gasteiger partial charge in [-0.1, -0.05) is 12.1 Å². The van der Waals surface area contributed by atoms with E-state index >= 15 is 0 Å². The Morgan fingerprint density at radius 2 is 1.91 bits per heavy atom. The highest BCUT2D eigenvalue weighted by molar-refractivity contribution is 5.26. The smallest absolute Gasteiger partial charge is 0.174 e. The predicted molar refractivity (Wildman–Crippen MR) is 41.0 cm³/mol.